The van der Waals surface area contributed by atoms with Gasteiger partial charge in [-0.25, -0.2) is 0 Å². The van der Waals surface area contributed by atoms with E-state index in [1.165, 1.54) is 103 Å². The van der Waals surface area contributed by atoms with Gasteiger partial charge in [-0.05, 0) is 142 Å². The number of aliphatic hydroxyl groups excluding tert-OH is 1. The number of nitrogens with zero attached hydrogens (tertiary/aromatic N) is 2. The lowest BCUT2D eigenvalue weighted by Gasteiger charge is -2.28. The molecular weight excluding hydrogens is 1060 g/mol. The summed E-state index contributed by atoms with van der Waals surface area (Å²) in [5.41, 5.74) is 0. The predicted octanol–water partition coefficient (Wildman–Crippen LogP) is 20.0. The van der Waals surface area contributed by atoms with Gasteiger partial charge in [0.25, 0.3) is 0 Å². The van der Waals surface area contributed by atoms with Crippen LogP contribution in [-0.2, 0) is 38.1 Å². The lowest BCUT2D eigenvalue weighted by Crippen LogP contribution is -2.37. The van der Waals surface area contributed by atoms with Crippen molar-refractivity contribution in [1.29, 1.82) is 0 Å². The Labute approximate surface area is 526 Å². The maximum atomic E-state index is 12.9. The Morgan fingerprint density at radius 3 is 1.07 bits per heavy atom. The molecule has 0 heterocycles. The summed E-state index contributed by atoms with van der Waals surface area (Å²) in [5.74, 6) is 0.0919. The zero-order chi connectivity index (χ0) is 62.0. The minimum absolute atomic E-state index is 0.0441. The molecule has 2 unspecified atom stereocenters. The van der Waals surface area contributed by atoms with Crippen molar-refractivity contribution in [2.75, 3.05) is 78.9 Å². The third kappa shape index (κ3) is 57.9. The van der Waals surface area contributed by atoms with E-state index in [2.05, 4.69) is 75.6 Å². The molecule has 0 rings (SSSR count). The van der Waals surface area contributed by atoms with Gasteiger partial charge in [-0.3, -0.25) is 14.4 Å². The van der Waals surface area contributed by atoms with Crippen LogP contribution in [-0.4, -0.2) is 118 Å². The Bertz CT molecular complexity index is 1380. The number of carbonyl (C=O) groups excluding carboxylic acids is 3. The Morgan fingerprint density at radius 2 is 0.682 bits per heavy atom. The molecule has 0 aliphatic carbocycles. The van der Waals surface area contributed by atoms with Gasteiger partial charge in [0.1, 0.15) is 0 Å². The summed E-state index contributed by atoms with van der Waals surface area (Å²) in [7, 11) is 0. The van der Waals surface area contributed by atoms with Gasteiger partial charge in [-0.2, -0.15) is 0 Å². The van der Waals surface area contributed by atoms with E-state index >= 15 is 0 Å². The Morgan fingerprint density at radius 1 is 0.341 bits per heavy atom. The fourth-order valence-corrected chi connectivity index (χ4v) is 11.2. The van der Waals surface area contributed by atoms with Crippen molar-refractivity contribution in [1.82, 2.24) is 9.80 Å². The van der Waals surface area contributed by atoms with Crippen LogP contribution in [0.4, 0.5) is 0 Å². The lowest BCUT2D eigenvalue weighted by atomic mass is 9.95. The average Bonchev–Trinajstić information content (AvgIpc) is 3.51. The van der Waals surface area contributed by atoms with E-state index in [-0.39, 0.29) is 42.6 Å². The quantitative estimate of drug-likeness (QED) is 0.0206. The van der Waals surface area contributed by atoms with E-state index < -0.39 is 0 Å². The van der Waals surface area contributed by atoms with Crippen LogP contribution in [0.5, 0.6) is 0 Å². The van der Waals surface area contributed by atoms with Gasteiger partial charge in [-0.15, -0.1) is 0 Å². The van der Waals surface area contributed by atoms with E-state index in [0.29, 0.717) is 45.9 Å². The minimum atomic E-state index is -0.368. The van der Waals surface area contributed by atoms with Gasteiger partial charge in [0.15, 0.2) is 6.29 Å². The topological polar surface area (TPSA) is 124 Å². The van der Waals surface area contributed by atoms with E-state index in [9.17, 15) is 19.5 Å². The van der Waals surface area contributed by atoms with Crippen molar-refractivity contribution in [3.63, 3.8) is 0 Å². The molecule has 0 aromatic rings. The van der Waals surface area contributed by atoms with Gasteiger partial charge >= 0.3 is 17.9 Å². The molecule has 1 N–H and O–H groups in total. The summed E-state index contributed by atoms with van der Waals surface area (Å²) < 4.78 is 29.5. The number of hydrogen-bond donors (Lipinski definition) is 1. The second-order valence-electron chi connectivity index (χ2n) is 24.9. The number of carbonyl (C=O) groups is 3. The maximum absolute atomic E-state index is 12.9. The molecule has 502 valence electrons. The minimum Gasteiger partial charge on any atom is -0.466 e. The van der Waals surface area contributed by atoms with Gasteiger partial charge in [0, 0.05) is 45.9 Å². The first-order valence-electron chi connectivity index (χ1n) is 36.9. The van der Waals surface area contributed by atoms with Crippen LogP contribution in [0.25, 0.3) is 0 Å². The molecule has 0 amide bonds. The number of allylic oxidation sites excluding steroid dienone is 4. The number of unbranched alkanes of at least 4 members (excludes halogenated alkanes) is 28. The fraction of sp³-hybridized carbons (Fsp3) is 0.905. The van der Waals surface area contributed by atoms with E-state index in [1.54, 1.807) is 0 Å². The number of aliphatic hydroxyl groups is 1. The molecule has 0 saturated carbocycles. The van der Waals surface area contributed by atoms with Gasteiger partial charge < -0.3 is 38.6 Å². The smallest absolute Gasteiger partial charge is 0.308 e. The second-order valence-corrected chi connectivity index (χ2v) is 24.9. The first kappa shape index (κ1) is 82.7. The lowest BCUT2D eigenvalue weighted by molar-refractivity contribution is -0.159. The maximum Gasteiger partial charge on any atom is 0.308 e. The molecule has 2 atom stereocenters. The first-order chi connectivity index (χ1) is 41.8. The van der Waals surface area contributed by atoms with Crippen LogP contribution in [0.3, 0.4) is 0 Å². The molecule has 11 heteroatoms. The summed E-state index contributed by atoms with van der Waals surface area (Å²) in [6.45, 7) is 22.7. The van der Waals surface area contributed by atoms with Crippen LogP contribution < -0.4 is 0 Å². The molecule has 0 radical (unpaired) electrons. The summed E-state index contributed by atoms with van der Waals surface area (Å²) in [5, 5.41) is 9.81. The molecule has 0 aromatic heterocycles. The molecule has 0 aliphatic rings. The molecule has 11 nitrogen and oxygen atoms in total. The van der Waals surface area contributed by atoms with Crippen molar-refractivity contribution in [2.24, 2.45) is 11.8 Å². The molecule has 0 spiro atoms. The van der Waals surface area contributed by atoms with Crippen molar-refractivity contribution in [3.05, 3.63) is 24.3 Å². The largest absolute Gasteiger partial charge is 0.466 e. The van der Waals surface area contributed by atoms with Crippen LogP contribution >= 0.6 is 0 Å². The van der Waals surface area contributed by atoms with Crippen LogP contribution in [0, 0.1) is 11.8 Å². The highest BCUT2D eigenvalue weighted by Crippen LogP contribution is 2.22. The highest BCUT2D eigenvalue weighted by molar-refractivity contribution is 5.72. The normalized spacial score (nSPS) is 12.7. The number of ether oxygens (including phenoxy) is 5. The highest BCUT2D eigenvalue weighted by atomic mass is 16.7. The number of esters is 3. The highest BCUT2D eigenvalue weighted by Gasteiger charge is 2.21. The molecule has 0 aromatic carbocycles. The third-order valence-electron chi connectivity index (χ3n) is 16.8. The van der Waals surface area contributed by atoms with E-state index in [4.69, 9.17) is 23.7 Å². The summed E-state index contributed by atoms with van der Waals surface area (Å²) in [6.07, 6.45) is 58.6. The van der Waals surface area contributed by atoms with Crippen molar-refractivity contribution in [2.45, 2.75) is 343 Å². The Kier molecular flexibility index (Phi) is 65.8. The summed E-state index contributed by atoms with van der Waals surface area (Å²) in [4.78, 5) is 43.9. The first-order valence-corrected chi connectivity index (χ1v) is 36.9. The molecule has 0 bridgehead atoms. The average molecular weight is 1200 g/mol. The van der Waals surface area contributed by atoms with Crippen LogP contribution in [0.1, 0.15) is 337 Å². The third-order valence-corrected chi connectivity index (χ3v) is 16.8. The van der Waals surface area contributed by atoms with E-state index in [1.807, 2.05) is 0 Å². The van der Waals surface area contributed by atoms with Crippen molar-refractivity contribution in [3.8, 4) is 0 Å². The zero-order valence-corrected chi connectivity index (χ0v) is 57.2. The van der Waals surface area contributed by atoms with Gasteiger partial charge in [0.2, 0.25) is 0 Å². The number of rotatable bonds is 69. The van der Waals surface area contributed by atoms with Gasteiger partial charge in [-0.1, -0.05) is 226 Å². The van der Waals surface area contributed by atoms with Crippen LogP contribution in [0.2, 0.25) is 0 Å². The van der Waals surface area contributed by atoms with E-state index in [0.717, 1.165) is 219 Å². The monoisotopic (exact) mass is 1200 g/mol. The van der Waals surface area contributed by atoms with Crippen molar-refractivity contribution >= 4 is 17.9 Å². The summed E-state index contributed by atoms with van der Waals surface area (Å²) in [6, 6.07) is 0. The van der Waals surface area contributed by atoms with Gasteiger partial charge in [0.05, 0.1) is 38.1 Å². The zero-order valence-electron chi connectivity index (χ0n) is 57.2. The predicted molar refractivity (Wildman–Crippen MR) is 360 cm³/mol. The van der Waals surface area contributed by atoms with Crippen LogP contribution in [0.15, 0.2) is 24.3 Å². The second kappa shape index (κ2) is 67.6. The Balaban J connectivity index is 4.98. The molecule has 0 fully saturated rings. The number of hydrogen-bond acceptors (Lipinski definition) is 11. The fourth-order valence-electron chi connectivity index (χ4n) is 11.2. The molecule has 0 saturated heterocycles. The SMILES string of the molecule is CC/C=C\CCCCOC(CCC(=O)OCCCCCCCN(CCCO)CCN(CCCCCCCCCOC(=O)C(CCCC)CCCCCC)CCCCCCCCCOC(=O)C(CCCC)CCCCCC)OCCCC/C=C\CC. The van der Waals surface area contributed by atoms with Crippen molar-refractivity contribution < 1.29 is 43.2 Å². The summed E-state index contributed by atoms with van der Waals surface area (Å²) >= 11 is 0. The molecular formula is C74H142N2O9. The molecule has 85 heavy (non-hydrogen) atoms. The standard InChI is InChI=1S/C74H142N2O9/c1-7-13-19-23-35-46-65-82-72(83-66-47-36-24-20-14-8-2)56-55-71(78)81-64-45-39-31-34-44-59-76(60-50-63-77)62-61-75(57-42-32-27-25-29-37-48-67-84-73(79)69(51-17-11-5)53-40-21-15-9-3)58-43-33-28-26-30-38-49-68-85-74(80)70(52-18-12-6)54-41-22-16-10-4/h13-14,19-20,69-70,72,77H,7-12,15-18,21-68H2,1-6H3/b19-13-,20-14-. The molecule has 0 aliphatic heterocycles. The Hall–Kier alpha value is -2.31.